The summed E-state index contributed by atoms with van der Waals surface area (Å²) in [6, 6.07) is 6.09. The van der Waals surface area contributed by atoms with Crippen molar-refractivity contribution in [1.29, 1.82) is 0 Å². The van der Waals surface area contributed by atoms with Crippen LogP contribution in [0.5, 0.6) is 5.75 Å². The molecule has 130 valence electrons. The molecule has 0 aliphatic heterocycles. The first-order chi connectivity index (χ1) is 12.0. The Labute approximate surface area is 144 Å². The molecule has 2 aromatic heterocycles. The average molecular weight is 360 g/mol. The highest BCUT2D eigenvalue weighted by atomic mass is 32.2. The fraction of sp³-hybridized carbons (Fsp3) is 0.188. The lowest BCUT2D eigenvalue weighted by Gasteiger charge is -2.09. The zero-order valence-corrected chi connectivity index (χ0v) is 14.4. The molecular weight excluding hydrogens is 344 g/mol. The topological polar surface area (TPSA) is 107 Å². The van der Waals surface area contributed by atoms with E-state index in [-0.39, 0.29) is 10.7 Å². The molecule has 0 aliphatic rings. The Hall–Kier alpha value is -2.94. The van der Waals surface area contributed by atoms with Gasteiger partial charge in [-0.05, 0) is 38.1 Å². The van der Waals surface area contributed by atoms with Gasteiger partial charge in [0.25, 0.3) is 10.0 Å². The van der Waals surface area contributed by atoms with Gasteiger partial charge >= 0.3 is 0 Å². The number of benzene rings is 1. The molecule has 2 heterocycles. The van der Waals surface area contributed by atoms with Crippen molar-refractivity contribution in [3.8, 4) is 5.75 Å². The van der Waals surface area contributed by atoms with Crippen LogP contribution in [0.1, 0.15) is 17.0 Å². The normalized spacial score (nSPS) is 11.3. The minimum Gasteiger partial charge on any atom is -0.489 e. The number of rotatable bonds is 6. The Morgan fingerprint density at radius 1 is 1.16 bits per heavy atom. The van der Waals surface area contributed by atoms with Crippen LogP contribution in [0.25, 0.3) is 0 Å². The number of aromatic nitrogens is 3. The monoisotopic (exact) mass is 360 g/mol. The number of hydrogen-bond donors (Lipinski definition) is 1. The largest absolute Gasteiger partial charge is 0.489 e. The molecule has 0 bridgehead atoms. The molecule has 1 aromatic carbocycles. The Morgan fingerprint density at radius 3 is 2.52 bits per heavy atom. The highest BCUT2D eigenvalue weighted by Gasteiger charge is 2.15. The van der Waals surface area contributed by atoms with E-state index in [1.54, 1.807) is 12.1 Å². The van der Waals surface area contributed by atoms with Crippen molar-refractivity contribution in [1.82, 2.24) is 15.1 Å². The molecule has 0 atom stereocenters. The summed E-state index contributed by atoms with van der Waals surface area (Å²) in [6.45, 7) is 3.95. The first-order valence-electron chi connectivity index (χ1n) is 7.39. The van der Waals surface area contributed by atoms with Crippen LogP contribution in [0.3, 0.4) is 0 Å². The smallest absolute Gasteiger partial charge is 0.263 e. The average Bonchev–Trinajstić information content (AvgIpc) is 2.92. The molecule has 3 aromatic rings. The van der Waals surface area contributed by atoms with Gasteiger partial charge in [-0.15, -0.1) is 0 Å². The fourth-order valence-corrected chi connectivity index (χ4v) is 3.12. The van der Waals surface area contributed by atoms with Gasteiger partial charge in [-0.25, -0.2) is 13.4 Å². The van der Waals surface area contributed by atoms with Gasteiger partial charge in [-0.1, -0.05) is 5.16 Å². The van der Waals surface area contributed by atoms with E-state index >= 15 is 0 Å². The van der Waals surface area contributed by atoms with Gasteiger partial charge in [0.15, 0.2) is 5.82 Å². The summed E-state index contributed by atoms with van der Waals surface area (Å²) in [6.07, 6.45) is 4.20. The van der Waals surface area contributed by atoms with Crippen molar-refractivity contribution in [2.45, 2.75) is 25.3 Å². The third kappa shape index (κ3) is 3.94. The highest BCUT2D eigenvalue weighted by molar-refractivity contribution is 7.92. The molecule has 8 nitrogen and oxygen atoms in total. The van der Waals surface area contributed by atoms with Crippen LogP contribution in [0.4, 0.5) is 5.82 Å². The summed E-state index contributed by atoms with van der Waals surface area (Å²) in [5.74, 6) is 1.39. The van der Waals surface area contributed by atoms with E-state index in [1.165, 1.54) is 30.7 Å². The molecule has 0 spiro atoms. The van der Waals surface area contributed by atoms with E-state index in [0.29, 0.717) is 18.1 Å². The minimum atomic E-state index is -3.73. The summed E-state index contributed by atoms with van der Waals surface area (Å²) in [7, 11) is -3.73. The molecule has 0 unspecified atom stereocenters. The van der Waals surface area contributed by atoms with Crippen molar-refractivity contribution in [2.24, 2.45) is 0 Å². The maximum Gasteiger partial charge on any atom is 0.263 e. The van der Waals surface area contributed by atoms with Crippen molar-refractivity contribution in [3.63, 3.8) is 0 Å². The molecule has 9 heteroatoms. The second-order valence-corrected chi connectivity index (χ2v) is 6.94. The van der Waals surface area contributed by atoms with Crippen LogP contribution in [0.15, 0.2) is 52.3 Å². The second-order valence-electron chi connectivity index (χ2n) is 5.26. The summed E-state index contributed by atoms with van der Waals surface area (Å²) in [4.78, 5) is 7.81. The van der Waals surface area contributed by atoms with E-state index in [4.69, 9.17) is 9.26 Å². The number of hydrogen-bond acceptors (Lipinski definition) is 7. The molecule has 25 heavy (non-hydrogen) atoms. The van der Waals surface area contributed by atoms with Crippen LogP contribution in [0.2, 0.25) is 0 Å². The molecule has 0 radical (unpaired) electrons. The van der Waals surface area contributed by atoms with Crippen LogP contribution in [-0.4, -0.2) is 23.5 Å². The maximum atomic E-state index is 12.3. The first-order valence-corrected chi connectivity index (χ1v) is 8.87. The summed E-state index contributed by atoms with van der Waals surface area (Å²) in [5.41, 5.74) is 1.64. The van der Waals surface area contributed by atoms with Gasteiger partial charge in [0.1, 0.15) is 18.1 Å². The van der Waals surface area contributed by atoms with Gasteiger partial charge in [0.2, 0.25) is 0 Å². The minimum absolute atomic E-state index is 0.0999. The van der Waals surface area contributed by atoms with E-state index in [1.807, 2.05) is 13.8 Å². The van der Waals surface area contributed by atoms with Crippen LogP contribution in [-0.2, 0) is 16.6 Å². The van der Waals surface area contributed by atoms with Gasteiger partial charge in [0, 0.05) is 12.4 Å². The molecule has 3 rings (SSSR count). The van der Waals surface area contributed by atoms with E-state index in [9.17, 15) is 8.42 Å². The lowest BCUT2D eigenvalue weighted by atomic mass is 10.2. The SMILES string of the molecule is Cc1noc(C)c1COc1ccc(S(=O)(=O)Nc2cnccn2)cc1. The number of ether oxygens (including phenoxy) is 1. The van der Waals surface area contributed by atoms with Crippen LogP contribution in [0, 0.1) is 13.8 Å². The van der Waals surface area contributed by atoms with E-state index in [0.717, 1.165) is 11.3 Å². The third-order valence-corrected chi connectivity index (χ3v) is 4.87. The number of aryl methyl sites for hydroxylation is 2. The number of sulfonamides is 1. The van der Waals surface area contributed by atoms with E-state index < -0.39 is 10.0 Å². The van der Waals surface area contributed by atoms with Crippen molar-refractivity contribution in [3.05, 3.63) is 59.9 Å². The Morgan fingerprint density at radius 2 is 1.92 bits per heavy atom. The highest BCUT2D eigenvalue weighted by Crippen LogP contribution is 2.20. The summed E-state index contributed by atoms with van der Waals surface area (Å²) in [5, 5.41) is 3.86. The van der Waals surface area contributed by atoms with E-state index in [2.05, 4.69) is 19.8 Å². The van der Waals surface area contributed by atoms with Crippen LogP contribution < -0.4 is 9.46 Å². The number of nitrogens with one attached hydrogen (secondary N) is 1. The molecule has 0 saturated carbocycles. The lowest BCUT2D eigenvalue weighted by molar-refractivity contribution is 0.301. The molecule has 0 saturated heterocycles. The Bertz CT molecular complexity index is 934. The fourth-order valence-electron chi connectivity index (χ4n) is 2.13. The molecule has 0 fully saturated rings. The predicted molar refractivity (Wildman–Crippen MR) is 89.6 cm³/mol. The molecule has 0 amide bonds. The van der Waals surface area contributed by atoms with Crippen molar-refractivity contribution >= 4 is 15.8 Å². The van der Waals surface area contributed by atoms with Crippen molar-refractivity contribution in [2.75, 3.05) is 4.72 Å². The number of anilines is 1. The predicted octanol–water partition coefficient (Wildman–Crippen LogP) is 2.46. The Kier molecular flexibility index (Phi) is 4.66. The zero-order valence-electron chi connectivity index (χ0n) is 13.6. The van der Waals surface area contributed by atoms with Gasteiger partial charge < -0.3 is 9.26 Å². The van der Waals surface area contributed by atoms with Gasteiger partial charge in [-0.2, -0.15) is 0 Å². The Balaban J connectivity index is 1.69. The molecular formula is C16H16N4O4S. The molecule has 1 N–H and O–H groups in total. The quantitative estimate of drug-likeness (QED) is 0.719. The lowest BCUT2D eigenvalue weighted by Crippen LogP contribution is -2.13. The molecule has 0 aliphatic carbocycles. The number of nitrogens with zero attached hydrogens (tertiary/aromatic N) is 3. The zero-order chi connectivity index (χ0) is 17.9. The maximum absolute atomic E-state index is 12.3. The van der Waals surface area contributed by atoms with Crippen LogP contribution >= 0.6 is 0 Å². The second kappa shape index (κ2) is 6.89. The standard InChI is InChI=1S/C16H16N4O4S/c1-11-15(12(2)24-19-11)10-23-13-3-5-14(6-4-13)25(21,22)20-16-9-17-7-8-18-16/h3-9H,10H2,1-2H3,(H,18,20). The van der Waals surface area contributed by atoms with Crippen molar-refractivity contribution < 1.29 is 17.7 Å². The van der Waals surface area contributed by atoms with Gasteiger partial charge in [-0.3, -0.25) is 9.71 Å². The first kappa shape index (κ1) is 16.9. The summed E-state index contributed by atoms with van der Waals surface area (Å²) < 4.78 is 37.7. The van der Waals surface area contributed by atoms with Gasteiger partial charge in [0.05, 0.1) is 22.3 Å². The summed E-state index contributed by atoms with van der Waals surface area (Å²) >= 11 is 0. The third-order valence-electron chi connectivity index (χ3n) is 3.50.